The summed E-state index contributed by atoms with van der Waals surface area (Å²) in [6, 6.07) is 0. The number of esters is 2. The molecule has 1 saturated heterocycles. The molecule has 1 saturated carbocycles. The molecule has 1 aliphatic carbocycles. The predicted octanol–water partition coefficient (Wildman–Crippen LogP) is 7.71. The molecule has 0 amide bonds. The van der Waals surface area contributed by atoms with Crippen LogP contribution in [-0.2, 0) is 37.4 Å². The summed E-state index contributed by atoms with van der Waals surface area (Å²) in [7, 11) is -5.15. The van der Waals surface area contributed by atoms with Crippen molar-refractivity contribution in [1.29, 1.82) is 0 Å². The van der Waals surface area contributed by atoms with Crippen LogP contribution in [0.3, 0.4) is 0 Å². The molecule has 10 atom stereocenters. The van der Waals surface area contributed by atoms with Crippen LogP contribution in [0.1, 0.15) is 142 Å². The quantitative estimate of drug-likeness (QED) is 0.0118. The third-order valence-corrected chi connectivity index (χ3v) is 11.4. The van der Waals surface area contributed by atoms with Crippen LogP contribution in [0.5, 0.6) is 0 Å². The van der Waals surface area contributed by atoms with Crippen LogP contribution in [0.25, 0.3) is 0 Å². The van der Waals surface area contributed by atoms with E-state index in [4.69, 9.17) is 23.3 Å². The molecule has 6 N–H and O–H groups in total. The maximum absolute atomic E-state index is 12.8. The summed E-state index contributed by atoms with van der Waals surface area (Å²) >= 11 is 0. The Kier molecular flexibility index (Phi) is 30.1. The van der Waals surface area contributed by atoms with Crippen molar-refractivity contribution in [1.82, 2.24) is 0 Å². The van der Waals surface area contributed by atoms with E-state index in [2.05, 4.69) is 74.6 Å². The summed E-state index contributed by atoms with van der Waals surface area (Å²) < 4.78 is 39.2. The second-order valence-electron chi connectivity index (χ2n) is 15.9. The Morgan fingerprint density at radius 3 is 1.69 bits per heavy atom. The number of hydrogen-bond acceptors (Lipinski definition) is 13. The van der Waals surface area contributed by atoms with Gasteiger partial charge < -0.3 is 44.6 Å². The monoisotopic (exact) mass is 897 g/mol. The second-order valence-corrected chi connectivity index (χ2v) is 17.3. The van der Waals surface area contributed by atoms with Gasteiger partial charge in [-0.15, -0.1) is 0 Å². The number of aliphatic hydroxyl groups excluding tert-OH is 5. The van der Waals surface area contributed by atoms with E-state index in [1.54, 1.807) is 0 Å². The number of unbranched alkanes of at least 4 members (excludes halogenated alkanes) is 9. The van der Waals surface area contributed by atoms with Crippen molar-refractivity contribution in [3.8, 4) is 0 Å². The number of carbonyl (C=O) groups excluding carboxylic acids is 2. The Labute approximate surface area is 370 Å². The lowest BCUT2D eigenvalue weighted by molar-refractivity contribution is -0.220. The topological polar surface area (TPSA) is 222 Å². The average Bonchev–Trinajstić information content (AvgIpc) is 4.01. The Balaban J connectivity index is 1.75. The van der Waals surface area contributed by atoms with E-state index >= 15 is 0 Å². The lowest BCUT2D eigenvalue weighted by atomic mass is 9.85. The minimum absolute atomic E-state index is 0.00765. The summed E-state index contributed by atoms with van der Waals surface area (Å²) in [5.74, 6) is -1.20. The molecule has 14 nitrogen and oxygen atoms in total. The highest BCUT2D eigenvalue weighted by Crippen LogP contribution is 2.47. The van der Waals surface area contributed by atoms with Gasteiger partial charge in [-0.05, 0) is 83.5 Å². The fourth-order valence-corrected chi connectivity index (χ4v) is 7.60. The summed E-state index contributed by atoms with van der Waals surface area (Å²) in [5, 5.41) is 50.1. The molecule has 2 rings (SSSR count). The Hall–Kier alpha value is -2.75. The highest BCUT2D eigenvalue weighted by Gasteiger charge is 2.51. The zero-order valence-corrected chi connectivity index (χ0v) is 38.0. The van der Waals surface area contributed by atoms with Gasteiger partial charge in [-0.2, -0.15) is 0 Å². The largest absolute Gasteiger partial charge is 0.472 e. The van der Waals surface area contributed by atoms with Crippen LogP contribution < -0.4 is 0 Å². The highest BCUT2D eigenvalue weighted by molar-refractivity contribution is 7.47. The summed E-state index contributed by atoms with van der Waals surface area (Å²) in [6.07, 6.45) is 29.9. The molecule has 62 heavy (non-hydrogen) atoms. The zero-order valence-electron chi connectivity index (χ0n) is 37.1. The third kappa shape index (κ3) is 25.5. The second kappa shape index (κ2) is 33.7. The fraction of sp³-hybridized carbons (Fsp3) is 0.702. The van der Waals surface area contributed by atoms with Crippen molar-refractivity contribution in [3.05, 3.63) is 72.9 Å². The van der Waals surface area contributed by atoms with Gasteiger partial charge in [0.1, 0.15) is 43.2 Å². The first kappa shape index (κ1) is 55.4. The van der Waals surface area contributed by atoms with Gasteiger partial charge in [-0.25, -0.2) is 4.57 Å². The molecule has 2 aliphatic rings. The number of phosphoric ester groups is 1. The van der Waals surface area contributed by atoms with Crippen LogP contribution >= 0.6 is 7.82 Å². The molecule has 0 radical (unpaired) electrons. The molecular formula is C47H77O14P. The standard InChI is InChI=1S/C47H77O14P/c1-3-5-7-9-11-12-13-14-15-16-17-18-21-25-29-33-40(48)57-35-37(36-58-62(55,56)61-47-45(53)43(51)42(50)44(52)46(47)54)59-41(49)34-30-26-22-19-20-24-28-32-39-38(60-39)31-27-23-10-8-6-4-2/h5,7,11-12,14-15,19,22-24,27-28,37-39,42-47,50-54H,3-4,6,8-10,13,16-18,20-21,25-26,29-36H2,1-2H3,(H,55,56)/b7-5-,12-11-,15-14-,22-19-,27-23-,28-24-/t37-,38?,39?,42?,43-,44+,45-,46-,47?/m1/s1. The van der Waals surface area contributed by atoms with Crippen LogP contribution in [-0.4, -0.2) is 111 Å². The molecule has 0 aromatic rings. The highest BCUT2D eigenvalue weighted by atomic mass is 31.2. The summed E-state index contributed by atoms with van der Waals surface area (Å²) in [4.78, 5) is 35.7. The Bertz CT molecular complexity index is 1430. The van der Waals surface area contributed by atoms with Gasteiger partial charge in [0, 0.05) is 12.8 Å². The predicted molar refractivity (Wildman–Crippen MR) is 239 cm³/mol. The van der Waals surface area contributed by atoms with Crippen molar-refractivity contribution in [2.45, 2.75) is 197 Å². The number of allylic oxidation sites excluding steroid dienone is 10. The third-order valence-electron chi connectivity index (χ3n) is 10.4. The van der Waals surface area contributed by atoms with Gasteiger partial charge in [0.25, 0.3) is 0 Å². The van der Waals surface area contributed by atoms with Crippen molar-refractivity contribution in [2.24, 2.45) is 0 Å². The van der Waals surface area contributed by atoms with Crippen LogP contribution in [0.4, 0.5) is 0 Å². The molecule has 0 bridgehead atoms. The van der Waals surface area contributed by atoms with E-state index in [0.29, 0.717) is 25.4 Å². The smallest absolute Gasteiger partial charge is 0.462 e. The molecule has 15 heteroatoms. The number of epoxide rings is 1. The molecule has 0 aromatic carbocycles. The molecule has 5 unspecified atom stereocenters. The van der Waals surface area contributed by atoms with E-state index in [0.717, 1.165) is 77.0 Å². The number of aliphatic hydroxyl groups is 5. The molecule has 1 aliphatic heterocycles. The molecule has 2 fully saturated rings. The minimum atomic E-state index is -5.15. The first-order valence-corrected chi connectivity index (χ1v) is 24.4. The maximum atomic E-state index is 12.8. The van der Waals surface area contributed by atoms with Crippen LogP contribution in [0.15, 0.2) is 72.9 Å². The van der Waals surface area contributed by atoms with Gasteiger partial charge in [-0.3, -0.25) is 18.6 Å². The number of phosphoric acid groups is 1. The van der Waals surface area contributed by atoms with Gasteiger partial charge in [0.05, 0.1) is 18.8 Å². The van der Waals surface area contributed by atoms with E-state index in [-0.39, 0.29) is 18.9 Å². The van der Waals surface area contributed by atoms with Gasteiger partial charge in [0.15, 0.2) is 6.10 Å². The van der Waals surface area contributed by atoms with Crippen molar-refractivity contribution in [3.63, 3.8) is 0 Å². The fourth-order valence-electron chi connectivity index (χ4n) is 6.63. The lowest BCUT2D eigenvalue weighted by Crippen LogP contribution is -2.64. The normalized spacial score (nSPS) is 25.8. The number of carbonyl (C=O) groups is 2. The van der Waals surface area contributed by atoms with Crippen molar-refractivity contribution >= 4 is 19.8 Å². The first-order valence-electron chi connectivity index (χ1n) is 22.9. The Morgan fingerprint density at radius 2 is 1.06 bits per heavy atom. The van der Waals surface area contributed by atoms with Crippen LogP contribution in [0, 0.1) is 0 Å². The minimum Gasteiger partial charge on any atom is -0.462 e. The van der Waals surface area contributed by atoms with Gasteiger partial charge in [-0.1, -0.05) is 119 Å². The number of rotatable bonds is 35. The SMILES string of the molecule is CC/C=C\C/C=C\C/C=C\CCCCCCCC(=O)OC[C@H](COP(=O)(O)OC1[C@H](O)[C@H](O)C(O)[C@H](O)[C@H]1O)OC(=O)CCC/C=C\C/C=C\CC1OC1C/C=C\CCCCC. The average molecular weight is 897 g/mol. The summed E-state index contributed by atoms with van der Waals surface area (Å²) in [6.45, 7) is 3.07. The van der Waals surface area contributed by atoms with E-state index in [1.165, 1.54) is 19.3 Å². The van der Waals surface area contributed by atoms with Crippen molar-refractivity contribution in [2.75, 3.05) is 13.2 Å². The van der Waals surface area contributed by atoms with Crippen LogP contribution in [0.2, 0.25) is 0 Å². The maximum Gasteiger partial charge on any atom is 0.472 e. The zero-order chi connectivity index (χ0) is 45.4. The summed E-state index contributed by atoms with van der Waals surface area (Å²) in [5.41, 5.74) is 0. The van der Waals surface area contributed by atoms with Crippen molar-refractivity contribution < 1.29 is 67.8 Å². The molecule has 354 valence electrons. The van der Waals surface area contributed by atoms with E-state index in [9.17, 15) is 44.6 Å². The molecule has 0 aromatic heterocycles. The molecule has 1 heterocycles. The van der Waals surface area contributed by atoms with Gasteiger partial charge in [0.2, 0.25) is 0 Å². The van der Waals surface area contributed by atoms with E-state index in [1.807, 2.05) is 12.2 Å². The van der Waals surface area contributed by atoms with E-state index < -0.39 is 75.7 Å². The molecular weight excluding hydrogens is 819 g/mol. The van der Waals surface area contributed by atoms with Gasteiger partial charge >= 0.3 is 19.8 Å². The number of ether oxygens (including phenoxy) is 3. The lowest BCUT2D eigenvalue weighted by Gasteiger charge is -2.41. The number of hydrogen-bond donors (Lipinski definition) is 6. The first-order chi connectivity index (χ1) is 29.9. The molecule has 0 spiro atoms. The Morgan fingerprint density at radius 1 is 0.581 bits per heavy atom.